The van der Waals surface area contributed by atoms with Crippen LogP contribution in [-0.2, 0) is 14.3 Å². The maximum atomic E-state index is 13.2. The minimum absolute atomic E-state index is 0.255. The summed E-state index contributed by atoms with van der Waals surface area (Å²) >= 11 is 0. The molecule has 11 nitrogen and oxygen atoms in total. The summed E-state index contributed by atoms with van der Waals surface area (Å²) in [5.41, 5.74) is 0. The first-order valence-electron chi connectivity index (χ1n) is 35.4. The Labute approximate surface area is 505 Å². The number of rotatable bonds is 62. The van der Waals surface area contributed by atoms with E-state index in [1.807, 2.05) is 0 Å². The van der Waals surface area contributed by atoms with Crippen LogP contribution in [0.4, 0.5) is 0 Å². The van der Waals surface area contributed by atoms with Gasteiger partial charge >= 0.3 is 0 Å². The van der Waals surface area contributed by atoms with Gasteiger partial charge in [-0.15, -0.1) is 0 Å². The predicted octanol–water partition coefficient (Wildman–Crippen LogP) is 17.0. The lowest BCUT2D eigenvalue weighted by molar-refractivity contribution is -0.303. The van der Waals surface area contributed by atoms with Crippen LogP contribution in [0.5, 0.6) is 0 Å². The summed E-state index contributed by atoms with van der Waals surface area (Å²) in [5.74, 6) is -0.702. The molecule has 0 bridgehead atoms. The maximum absolute atomic E-state index is 13.2. The van der Waals surface area contributed by atoms with Crippen LogP contribution < -0.4 is 5.32 Å². The van der Waals surface area contributed by atoms with Gasteiger partial charge < -0.3 is 50.5 Å². The zero-order chi connectivity index (χ0) is 59.6. The number of amides is 1. The molecule has 9 unspecified atom stereocenters. The van der Waals surface area contributed by atoms with E-state index in [9.17, 15) is 40.5 Å². The number of carbonyl (C=O) groups excluding carboxylic acids is 1. The third-order valence-electron chi connectivity index (χ3n) is 17.2. The van der Waals surface area contributed by atoms with Crippen LogP contribution >= 0.6 is 0 Å². The number of aliphatic hydroxyl groups is 7. The fourth-order valence-electron chi connectivity index (χ4n) is 11.5. The number of ether oxygens (including phenoxy) is 2. The molecular formula is C71H135NO10. The van der Waals surface area contributed by atoms with Crippen molar-refractivity contribution < 1.29 is 50.0 Å². The molecule has 0 aromatic heterocycles. The molecule has 1 saturated heterocycles. The lowest BCUT2D eigenvalue weighted by Crippen LogP contribution is -2.60. The summed E-state index contributed by atoms with van der Waals surface area (Å²) in [4.78, 5) is 13.2. The number of allylic oxidation sites excluding steroid dienone is 6. The van der Waals surface area contributed by atoms with Gasteiger partial charge in [0.15, 0.2) is 6.29 Å². The minimum atomic E-state index is -1.67. The van der Waals surface area contributed by atoms with Gasteiger partial charge in [-0.25, -0.2) is 0 Å². The van der Waals surface area contributed by atoms with Gasteiger partial charge in [-0.1, -0.05) is 307 Å². The third kappa shape index (κ3) is 46.5. The molecule has 0 saturated carbocycles. The molecule has 0 aromatic rings. The first-order valence-corrected chi connectivity index (χ1v) is 35.4. The Morgan fingerprint density at radius 1 is 0.427 bits per heavy atom. The van der Waals surface area contributed by atoms with Crippen molar-refractivity contribution in [2.24, 2.45) is 0 Å². The van der Waals surface area contributed by atoms with Gasteiger partial charge in [0.1, 0.15) is 36.6 Å². The van der Waals surface area contributed by atoms with E-state index < -0.39 is 74.2 Å². The van der Waals surface area contributed by atoms with Crippen LogP contribution in [0.1, 0.15) is 341 Å². The normalized spacial score (nSPS) is 19.3. The monoisotopic (exact) mass is 1160 g/mol. The van der Waals surface area contributed by atoms with Crippen molar-refractivity contribution in [3.05, 3.63) is 36.5 Å². The molecule has 0 aromatic carbocycles. The van der Waals surface area contributed by atoms with E-state index >= 15 is 0 Å². The molecule has 0 spiro atoms. The van der Waals surface area contributed by atoms with Crippen molar-refractivity contribution in [1.29, 1.82) is 0 Å². The first-order chi connectivity index (χ1) is 40.2. The topological polar surface area (TPSA) is 189 Å². The van der Waals surface area contributed by atoms with Gasteiger partial charge in [0.25, 0.3) is 0 Å². The molecule has 1 aliphatic rings. The second kappa shape index (κ2) is 59.7. The lowest BCUT2D eigenvalue weighted by Gasteiger charge is -2.40. The molecule has 11 heteroatoms. The fraction of sp³-hybridized carbons (Fsp3) is 0.901. The van der Waals surface area contributed by atoms with E-state index in [0.717, 1.165) is 44.9 Å². The van der Waals surface area contributed by atoms with Gasteiger partial charge in [-0.3, -0.25) is 4.79 Å². The second-order valence-corrected chi connectivity index (χ2v) is 25.0. The first kappa shape index (κ1) is 78.3. The average molecular weight is 1160 g/mol. The minimum Gasteiger partial charge on any atom is -0.394 e. The summed E-state index contributed by atoms with van der Waals surface area (Å²) in [7, 11) is 0. The van der Waals surface area contributed by atoms with Crippen LogP contribution in [0.15, 0.2) is 36.5 Å². The van der Waals surface area contributed by atoms with E-state index in [-0.39, 0.29) is 12.8 Å². The summed E-state index contributed by atoms with van der Waals surface area (Å²) in [5, 5.41) is 76.3. The number of nitrogens with one attached hydrogen (secondary N) is 1. The van der Waals surface area contributed by atoms with E-state index in [4.69, 9.17) is 9.47 Å². The predicted molar refractivity (Wildman–Crippen MR) is 344 cm³/mol. The number of hydrogen-bond donors (Lipinski definition) is 8. The van der Waals surface area contributed by atoms with Crippen molar-refractivity contribution in [3.63, 3.8) is 0 Å². The zero-order valence-corrected chi connectivity index (χ0v) is 53.5. The second-order valence-electron chi connectivity index (χ2n) is 25.0. The van der Waals surface area contributed by atoms with Crippen LogP contribution in [0.2, 0.25) is 0 Å². The standard InChI is InChI=1S/C71H135NO10/c1-3-5-7-9-11-13-15-17-19-21-22-23-24-25-26-27-28-29-30-31-32-33-34-35-36-37-38-39-40-41-43-45-47-49-51-53-55-57-59-64(75)70(80)72-62(61-81-71-69(79)68(78)67(77)65(60-73)82-71)66(76)63(74)58-56-54-52-50-48-46-44-42-20-18-16-14-12-10-8-6-4-2/h28-29,31-32,50,52,62-69,71,73-79H,3-27,30,33-49,51,53-61H2,1-2H3,(H,72,80)/b29-28-,32-31-,52-50+. The fourth-order valence-corrected chi connectivity index (χ4v) is 11.5. The van der Waals surface area contributed by atoms with Crippen molar-refractivity contribution in [3.8, 4) is 0 Å². The molecule has 1 amide bonds. The number of carbonyl (C=O) groups is 1. The number of hydrogen-bond acceptors (Lipinski definition) is 10. The molecular weight excluding hydrogens is 1030 g/mol. The molecule has 1 rings (SSSR count). The average Bonchev–Trinajstić information content (AvgIpc) is 3.53. The summed E-state index contributed by atoms with van der Waals surface area (Å²) in [6, 6.07) is -1.19. The molecule has 1 aliphatic heterocycles. The quantitative estimate of drug-likeness (QED) is 0.0215. The Balaban J connectivity index is 2.14. The Kier molecular flexibility index (Phi) is 57.0. The highest BCUT2D eigenvalue weighted by molar-refractivity contribution is 5.80. The molecule has 9 atom stereocenters. The van der Waals surface area contributed by atoms with E-state index in [1.165, 1.54) is 257 Å². The van der Waals surface area contributed by atoms with Crippen LogP contribution in [-0.4, -0.2) is 110 Å². The Hall–Kier alpha value is -1.67. The maximum Gasteiger partial charge on any atom is 0.249 e. The van der Waals surface area contributed by atoms with E-state index in [2.05, 4.69) is 55.6 Å². The van der Waals surface area contributed by atoms with Gasteiger partial charge in [0.05, 0.1) is 25.4 Å². The lowest BCUT2D eigenvalue weighted by atomic mass is 9.98. The molecule has 1 heterocycles. The molecule has 484 valence electrons. The Bertz CT molecular complexity index is 1430. The number of aliphatic hydroxyl groups excluding tert-OH is 7. The highest BCUT2D eigenvalue weighted by Gasteiger charge is 2.44. The summed E-state index contributed by atoms with van der Waals surface area (Å²) < 4.78 is 11.2. The van der Waals surface area contributed by atoms with E-state index in [0.29, 0.717) is 12.8 Å². The summed E-state index contributed by atoms with van der Waals surface area (Å²) in [6.07, 6.45) is 65.3. The molecule has 1 fully saturated rings. The third-order valence-corrected chi connectivity index (χ3v) is 17.2. The Morgan fingerprint density at radius 2 is 0.756 bits per heavy atom. The van der Waals surface area contributed by atoms with Crippen molar-refractivity contribution in [2.75, 3.05) is 13.2 Å². The largest absolute Gasteiger partial charge is 0.394 e. The van der Waals surface area contributed by atoms with Gasteiger partial charge in [0.2, 0.25) is 5.91 Å². The summed E-state index contributed by atoms with van der Waals surface area (Å²) in [6.45, 7) is 3.48. The van der Waals surface area contributed by atoms with Gasteiger partial charge in [0, 0.05) is 0 Å². The van der Waals surface area contributed by atoms with Crippen molar-refractivity contribution >= 4 is 5.91 Å². The molecule has 0 aliphatic carbocycles. The molecule has 82 heavy (non-hydrogen) atoms. The molecule has 8 N–H and O–H groups in total. The van der Waals surface area contributed by atoms with Crippen molar-refractivity contribution in [1.82, 2.24) is 5.32 Å². The zero-order valence-electron chi connectivity index (χ0n) is 53.5. The smallest absolute Gasteiger partial charge is 0.249 e. The highest BCUT2D eigenvalue weighted by Crippen LogP contribution is 2.24. The van der Waals surface area contributed by atoms with Crippen LogP contribution in [0, 0.1) is 0 Å². The van der Waals surface area contributed by atoms with Crippen molar-refractivity contribution in [2.45, 2.75) is 396 Å². The number of unbranched alkanes of at least 4 members (excludes halogenated alkanes) is 44. The Morgan fingerprint density at radius 3 is 1.12 bits per heavy atom. The van der Waals surface area contributed by atoms with Gasteiger partial charge in [-0.05, 0) is 70.6 Å². The van der Waals surface area contributed by atoms with E-state index in [1.54, 1.807) is 0 Å². The molecule has 0 radical (unpaired) electrons. The van der Waals surface area contributed by atoms with Gasteiger partial charge in [-0.2, -0.15) is 0 Å². The highest BCUT2D eigenvalue weighted by atomic mass is 16.7. The van der Waals surface area contributed by atoms with Crippen LogP contribution in [0.3, 0.4) is 0 Å². The SMILES string of the molecule is CCCCCCCCCCCCCC/C=C/CCCC(O)C(O)C(COC1OC(CO)C(O)C(O)C1O)NC(=O)C(O)CCCCCCCCCCCCCCCCCC/C=C\C/C=C\CCCCCCCCCCCCCCCCC. The van der Waals surface area contributed by atoms with Crippen LogP contribution in [0.25, 0.3) is 0 Å².